The van der Waals surface area contributed by atoms with Gasteiger partial charge in [-0.05, 0) is 18.4 Å². The second-order valence-electron chi connectivity index (χ2n) is 4.81. The molecule has 0 aromatic carbocycles. The predicted octanol–water partition coefficient (Wildman–Crippen LogP) is 2.35. The molecule has 5 nitrogen and oxygen atoms in total. The molecule has 18 heavy (non-hydrogen) atoms. The molecule has 0 radical (unpaired) electrons. The van der Waals surface area contributed by atoms with E-state index in [1.807, 2.05) is 24.0 Å². The average Bonchev–Trinajstić information content (AvgIpc) is 2.93. The molecule has 2 aromatic heterocycles. The van der Waals surface area contributed by atoms with Crippen LogP contribution < -0.4 is 5.32 Å². The zero-order valence-electron chi connectivity index (χ0n) is 11.1. The quantitative estimate of drug-likeness (QED) is 0.871. The summed E-state index contributed by atoms with van der Waals surface area (Å²) >= 11 is 1.63. The minimum Gasteiger partial charge on any atom is -0.360 e. The Kier molecular flexibility index (Phi) is 4.30. The van der Waals surface area contributed by atoms with Crippen LogP contribution in [0.5, 0.6) is 0 Å². The zero-order chi connectivity index (χ0) is 13.0. The molecule has 0 saturated carbocycles. The minimum atomic E-state index is 0.615. The van der Waals surface area contributed by atoms with Gasteiger partial charge in [0.2, 0.25) is 5.13 Å². The van der Waals surface area contributed by atoms with Gasteiger partial charge in [0.05, 0.1) is 6.20 Å². The Balaban J connectivity index is 1.83. The van der Waals surface area contributed by atoms with Gasteiger partial charge in [0.15, 0.2) is 0 Å². The van der Waals surface area contributed by atoms with Crippen LogP contribution in [-0.2, 0) is 13.0 Å². The van der Waals surface area contributed by atoms with E-state index in [0.717, 1.165) is 29.6 Å². The largest absolute Gasteiger partial charge is 0.360 e. The van der Waals surface area contributed by atoms with E-state index in [2.05, 4.69) is 34.5 Å². The lowest BCUT2D eigenvalue weighted by atomic mass is 10.2. The molecule has 2 rings (SSSR count). The Hall–Kier alpha value is -1.43. The lowest BCUT2D eigenvalue weighted by molar-refractivity contribution is 0.611. The Labute approximate surface area is 111 Å². The van der Waals surface area contributed by atoms with Gasteiger partial charge in [0.1, 0.15) is 5.01 Å². The Morgan fingerprint density at radius 3 is 2.89 bits per heavy atom. The summed E-state index contributed by atoms with van der Waals surface area (Å²) in [7, 11) is 0. The fourth-order valence-electron chi connectivity index (χ4n) is 1.52. The van der Waals surface area contributed by atoms with Crippen molar-refractivity contribution in [2.24, 2.45) is 5.92 Å². The molecule has 98 valence electrons. The highest BCUT2D eigenvalue weighted by Gasteiger charge is 2.05. The number of anilines is 1. The molecule has 0 saturated heterocycles. The summed E-state index contributed by atoms with van der Waals surface area (Å²) in [6.07, 6.45) is 4.79. The molecule has 0 amide bonds. The van der Waals surface area contributed by atoms with Crippen molar-refractivity contribution in [3.63, 3.8) is 0 Å². The van der Waals surface area contributed by atoms with E-state index in [4.69, 9.17) is 0 Å². The van der Waals surface area contributed by atoms with Crippen LogP contribution in [0.1, 0.15) is 24.4 Å². The fourth-order valence-corrected chi connectivity index (χ4v) is 2.25. The van der Waals surface area contributed by atoms with Gasteiger partial charge in [-0.15, -0.1) is 10.2 Å². The summed E-state index contributed by atoms with van der Waals surface area (Å²) in [6.45, 7) is 8.19. The Morgan fingerprint density at radius 2 is 2.22 bits per heavy atom. The maximum atomic E-state index is 4.25. The molecule has 0 aliphatic carbocycles. The lowest BCUT2D eigenvalue weighted by Crippen LogP contribution is -2.07. The first-order chi connectivity index (χ1) is 8.63. The smallest absolute Gasteiger partial charge is 0.205 e. The summed E-state index contributed by atoms with van der Waals surface area (Å²) in [4.78, 5) is 0. The van der Waals surface area contributed by atoms with Crippen LogP contribution in [0.15, 0.2) is 12.4 Å². The highest BCUT2D eigenvalue weighted by atomic mass is 32.1. The first kappa shape index (κ1) is 13.0. The molecule has 0 bridgehead atoms. The molecule has 0 aliphatic heterocycles. The monoisotopic (exact) mass is 265 g/mol. The van der Waals surface area contributed by atoms with Crippen LogP contribution in [0.4, 0.5) is 5.13 Å². The standard InChI is InChI=1S/C12H19N5S/c1-9(2)6-13-12-16-15-11(18-12)4-5-17-8-10(3)7-14-17/h7-9H,4-6H2,1-3H3,(H,13,16). The van der Waals surface area contributed by atoms with Gasteiger partial charge in [-0.25, -0.2) is 0 Å². The molecular weight excluding hydrogens is 246 g/mol. The van der Waals surface area contributed by atoms with E-state index in [1.54, 1.807) is 11.3 Å². The molecule has 0 unspecified atom stereocenters. The van der Waals surface area contributed by atoms with E-state index in [9.17, 15) is 0 Å². The van der Waals surface area contributed by atoms with E-state index in [0.29, 0.717) is 5.92 Å². The number of nitrogens with one attached hydrogen (secondary N) is 1. The van der Waals surface area contributed by atoms with Gasteiger partial charge in [0.25, 0.3) is 0 Å². The summed E-state index contributed by atoms with van der Waals surface area (Å²) < 4.78 is 1.94. The second kappa shape index (κ2) is 5.95. The van der Waals surface area contributed by atoms with Crippen molar-refractivity contribution in [3.8, 4) is 0 Å². The molecule has 2 aromatic rings. The SMILES string of the molecule is Cc1cnn(CCc2nnc(NCC(C)C)s2)c1. The molecule has 1 N–H and O–H groups in total. The van der Waals surface area contributed by atoms with Gasteiger partial charge >= 0.3 is 0 Å². The highest BCUT2D eigenvalue weighted by Crippen LogP contribution is 2.16. The third kappa shape index (κ3) is 3.80. The summed E-state index contributed by atoms with van der Waals surface area (Å²) in [5.74, 6) is 0.615. The lowest BCUT2D eigenvalue weighted by Gasteiger charge is -2.03. The van der Waals surface area contributed by atoms with Gasteiger partial charge in [-0.3, -0.25) is 4.68 Å². The van der Waals surface area contributed by atoms with Crippen LogP contribution in [0.2, 0.25) is 0 Å². The van der Waals surface area contributed by atoms with Crippen molar-refractivity contribution < 1.29 is 0 Å². The molecule has 0 aliphatic rings. The van der Waals surface area contributed by atoms with Crippen molar-refractivity contribution in [1.29, 1.82) is 0 Å². The maximum absolute atomic E-state index is 4.25. The highest BCUT2D eigenvalue weighted by molar-refractivity contribution is 7.15. The van der Waals surface area contributed by atoms with Gasteiger partial charge < -0.3 is 5.32 Å². The van der Waals surface area contributed by atoms with Crippen LogP contribution in [-0.4, -0.2) is 26.5 Å². The number of rotatable bonds is 6. The van der Waals surface area contributed by atoms with Gasteiger partial charge in [0, 0.05) is 25.7 Å². The van der Waals surface area contributed by atoms with Crippen molar-refractivity contribution in [1.82, 2.24) is 20.0 Å². The van der Waals surface area contributed by atoms with Crippen molar-refractivity contribution >= 4 is 16.5 Å². The van der Waals surface area contributed by atoms with E-state index in [1.165, 1.54) is 5.56 Å². The van der Waals surface area contributed by atoms with Crippen molar-refractivity contribution in [2.75, 3.05) is 11.9 Å². The van der Waals surface area contributed by atoms with Gasteiger partial charge in [-0.1, -0.05) is 25.2 Å². The molecule has 0 spiro atoms. The van der Waals surface area contributed by atoms with Crippen molar-refractivity contribution in [3.05, 3.63) is 23.0 Å². The molecule has 2 heterocycles. The average molecular weight is 265 g/mol. The first-order valence-corrected chi connectivity index (χ1v) is 7.00. The molecule has 6 heteroatoms. The molecule has 0 fully saturated rings. The minimum absolute atomic E-state index is 0.615. The van der Waals surface area contributed by atoms with Crippen molar-refractivity contribution in [2.45, 2.75) is 33.7 Å². The van der Waals surface area contributed by atoms with E-state index >= 15 is 0 Å². The Bertz CT molecular complexity index is 488. The molecular formula is C12H19N5S. The second-order valence-corrected chi connectivity index (χ2v) is 5.87. The van der Waals surface area contributed by atoms with Crippen LogP contribution in [0, 0.1) is 12.8 Å². The normalized spacial score (nSPS) is 11.1. The van der Waals surface area contributed by atoms with Gasteiger partial charge in [-0.2, -0.15) is 5.10 Å². The topological polar surface area (TPSA) is 55.6 Å². The third-order valence-electron chi connectivity index (χ3n) is 2.45. The van der Waals surface area contributed by atoms with Crippen LogP contribution >= 0.6 is 11.3 Å². The maximum Gasteiger partial charge on any atom is 0.205 e. The fraction of sp³-hybridized carbons (Fsp3) is 0.583. The number of hydrogen-bond acceptors (Lipinski definition) is 5. The predicted molar refractivity (Wildman–Crippen MR) is 73.9 cm³/mol. The van der Waals surface area contributed by atoms with Crippen LogP contribution in [0.25, 0.3) is 0 Å². The number of nitrogens with zero attached hydrogens (tertiary/aromatic N) is 4. The Morgan fingerprint density at radius 1 is 1.39 bits per heavy atom. The third-order valence-corrected chi connectivity index (χ3v) is 3.39. The van der Waals surface area contributed by atoms with Crippen LogP contribution in [0.3, 0.4) is 0 Å². The summed E-state index contributed by atoms with van der Waals surface area (Å²) in [5.41, 5.74) is 1.19. The first-order valence-electron chi connectivity index (χ1n) is 6.19. The number of aromatic nitrogens is 4. The summed E-state index contributed by atoms with van der Waals surface area (Å²) in [5, 5.41) is 17.8. The number of hydrogen-bond donors (Lipinski definition) is 1. The number of aryl methyl sites for hydroxylation is 3. The summed E-state index contributed by atoms with van der Waals surface area (Å²) in [6, 6.07) is 0. The molecule has 0 atom stereocenters. The van der Waals surface area contributed by atoms with E-state index < -0.39 is 0 Å². The zero-order valence-corrected chi connectivity index (χ0v) is 11.9. The van der Waals surface area contributed by atoms with E-state index in [-0.39, 0.29) is 0 Å².